The fourth-order valence-electron chi connectivity index (χ4n) is 3.01. The molecule has 1 saturated heterocycles. The molecule has 0 N–H and O–H groups in total. The standard InChI is InChI=1S/C15H18N2O3/c1-16(2)7-15(9-20-10-15)8-17-13(18)11-5-3-4-6-12(11)14(17)19/h3-6H,7-10H2,1-2H3. The van der Waals surface area contributed by atoms with Crippen molar-refractivity contribution < 1.29 is 14.3 Å². The van der Waals surface area contributed by atoms with Crippen LogP contribution in [-0.2, 0) is 4.74 Å². The Morgan fingerprint density at radius 2 is 1.70 bits per heavy atom. The molecule has 2 heterocycles. The van der Waals surface area contributed by atoms with Crippen LogP contribution in [0.2, 0.25) is 0 Å². The van der Waals surface area contributed by atoms with Gasteiger partial charge in [0.15, 0.2) is 0 Å². The van der Waals surface area contributed by atoms with Crippen molar-refractivity contribution in [3.05, 3.63) is 35.4 Å². The summed E-state index contributed by atoms with van der Waals surface area (Å²) >= 11 is 0. The molecule has 0 bridgehead atoms. The van der Waals surface area contributed by atoms with Gasteiger partial charge in [-0.3, -0.25) is 14.5 Å². The highest BCUT2D eigenvalue weighted by Gasteiger charge is 2.46. The van der Waals surface area contributed by atoms with E-state index in [1.165, 1.54) is 4.90 Å². The second-order valence-corrected chi connectivity index (χ2v) is 5.97. The van der Waals surface area contributed by atoms with Crippen LogP contribution >= 0.6 is 0 Å². The van der Waals surface area contributed by atoms with E-state index in [-0.39, 0.29) is 17.2 Å². The number of fused-ring (bicyclic) bond motifs is 1. The van der Waals surface area contributed by atoms with E-state index < -0.39 is 0 Å². The van der Waals surface area contributed by atoms with E-state index in [2.05, 4.69) is 4.90 Å². The summed E-state index contributed by atoms with van der Waals surface area (Å²) in [6.45, 7) is 2.43. The van der Waals surface area contributed by atoms with Crippen LogP contribution in [0.15, 0.2) is 24.3 Å². The van der Waals surface area contributed by atoms with E-state index in [9.17, 15) is 9.59 Å². The van der Waals surface area contributed by atoms with E-state index in [0.717, 1.165) is 6.54 Å². The number of benzene rings is 1. The lowest BCUT2D eigenvalue weighted by atomic mass is 9.84. The molecule has 1 fully saturated rings. The molecule has 0 unspecified atom stereocenters. The maximum atomic E-state index is 12.4. The van der Waals surface area contributed by atoms with Gasteiger partial charge in [0, 0.05) is 18.5 Å². The molecule has 5 heteroatoms. The molecule has 0 aromatic heterocycles. The first-order valence-electron chi connectivity index (χ1n) is 6.70. The zero-order valence-corrected chi connectivity index (χ0v) is 11.8. The van der Waals surface area contributed by atoms with Crippen molar-refractivity contribution in [3.8, 4) is 0 Å². The molecule has 106 valence electrons. The van der Waals surface area contributed by atoms with Gasteiger partial charge in [0.05, 0.1) is 24.3 Å². The zero-order chi connectivity index (χ0) is 14.3. The molecule has 0 atom stereocenters. The number of amides is 2. The van der Waals surface area contributed by atoms with Crippen molar-refractivity contribution in [2.45, 2.75) is 0 Å². The molecular formula is C15H18N2O3. The van der Waals surface area contributed by atoms with Gasteiger partial charge >= 0.3 is 0 Å². The predicted molar refractivity (Wildman–Crippen MR) is 73.6 cm³/mol. The van der Waals surface area contributed by atoms with Gasteiger partial charge in [-0.05, 0) is 26.2 Å². The molecule has 5 nitrogen and oxygen atoms in total. The fraction of sp³-hybridized carbons (Fsp3) is 0.467. The Balaban J connectivity index is 1.83. The van der Waals surface area contributed by atoms with Crippen LogP contribution in [0.4, 0.5) is 0 Å². The minimum absolute atomic E-state index is 0.128. The highest BCUT2D eigenvalue weighted by molar-refractivity contribution is 6.21. The minimum atomic E-state index is -0.185. The van der Waals surface area contributed by atoms with Gasteiger partial charge in [-0.1, -0.05) is 12.1 Å². The monoisotopic (exact) mass is 274 g/mol. The highest BCUT2D eigenvalue weighted by Crippen LogP contribution is 2.33. The van der Waals surface area contributed by atoms with E-state index in [4.69, 9.17) is 4.74 Å². The second-order valence-electron chi connectivity index (χ2n) is 5.97. The number of carbonyl (C=O) groups is 2. The number of nitrogens with zero attached hydrogens (tertiary/aromatic N) is 2. The van der Waals surface area contributed by atoms with E-state index in [0.29, 0.717) is 30.9 Å². The third-order valence-corrected chi connectivity index (χ3v) is 3.84. The van der Waals surface area contributed by atoms with Crippen LogP contribution in [0.5, 0.6) is 0 Å². The molecule has 0 spiro atoms. The molecule has 2 amide bonds. The van der Waals surface area contributed by atoms with Crippen LogP contribution in [0.3, 0.4) is 0 Å². The Labute approximate surface area is 118 Å². The van der Waals surface area contributed by atoms with Gasteiger partial charge in [-0.25, -0.2) is 0 Å². The third-order valence-electron chi connectivity index (χ3n) is 3.84. The molecular weight excluding hydrogens is 256 g/mol. The van der Waals surface area contributed by atoms with Crippen molar-refractivity contribution in [1.29, 1.82) is 0 Å². The van der Waals surface area contributed by atoms with Gasteiger partial charge in [-0.2, -0.15) is 0 Å². The lowest BCUT2D eigenvalue weighted by molar-refractivity contribution is -0.127. The van der Waals surface area contributed by atoms with Crippen LogP contribution < -0.4 is 0 Å². The van der Waals surface area contributed by atoms with Gasteiger partial charge < -0.3 is 9.64 Å². The molecule has 2 aliphatic heterocycles. The number of ether oxygens (including phenoxy) is 1. The molecule has 2 aliphatic rings. The number of hydrogen-bond acceptors (Lipinski definition) is 4. The first-order valence-corrected chi connectivity index (χ1v) is 6.70. The average Bonchev–Trinajstić information content (AvgIpc) is 2.61. The zero-order valence-electron chi connectivity index (χ0n) is 11.8. The first kappa shape index (κ1) is 13.3. The van der Waals surface area contributed by atoms with Crippen molar-refractivity contribution in [2.75, 3.05) is 40.4 Å². The SMILES string of the molecule is CN(C)CC1(CN2C(=O)c3ccccc3C2=O)COC1. The van der Waals surface area contributed by atoms with E-state index >= 15 is 0 Å². The molecule has 3 rings (SSSR count). The Morgan fingerprint density at radius 1 is 1.15 bits per heavy atom. The van der Waals surface area contributed by atoms with Crippen molar-refractivity contribution in [2.24, 2.45) is 5.41 Å². The maximum absolute atomic E-state index is 12.4. The van der Waals surface area contributed by atoms with E-state index in [1.54, 1.807) is 24.3 Å². The van der Waals surface area contributed by atoms with Crippen LogP contribution in [0.1, 0.15) is 20.7 Å². The summed E-state index contributed by atoms with van der Waals surface area (Å²) in [7, 11) is 3.98. The summed E-state index contributed by atoms with van der Waals surface area (Å²) in [4.78, 5) is 28.2. The summed E-state index contributed by atoms with van der Waals surface area (Å²) in [5.41, 5.74) is 0.895. The summed E-state index contributed by atoms with van der Waals surface area (Å²) in [5, 5.41) is 0. The Hall–Kier alpha value is -1.72. The quantitative estimate of drug-likeness (QED) is 0.764. The second kappa shape index (κ2) is 4.68. The summed E-state index contributed by atoms with van der Waals surface area (Å²) < 4.78 is 5.32. The number of hydrogen-bond donors (Lipinski definition) is 0. The van der Waals surface area contributed by atoms with Crippen molar-refractivity contribution >= 4 is 11.8 Å². The Morgan fingerprint density at radius 3 is 2.10 bits per heavy atom. The van der Waals surface area contributed by atoms with Gasteiger partial charge in [0.2, 0.25) is 0 Å². The Kier molecular flexibility index (Phi) is 3.11. The van der Waals surface area contributed by atoms with Gasteiger partial charge in [0.25, 0.3) is 11.8 Å². The summed E-state index contributed by atoms with van der Waals surface area (Å²) in [5.74, 6) is -0.369. The molecule has 20 heavy (non-hydrogen) atoms. The number of imide groups is 1. The van der Waals surface area contributed by atoms with Crippen LogP contribution in [0, 0.1) is 5.41 Å². The molecule has 0 saturated carbocycles. The highest BCUT2D eigenvalue weighted by atomic mass is 16.5. The lowest BCUT2D eigenvalue weighted by Crippen LogP contribution is -2.56. The predicted octanol–water partition coefficient (Wildman–Crippen LogP) is 0.861. The number of carbonyl (C=O) groups excluding carboxylic acids is 2. The van der Waals surface area contributed by atoms with Crippen LogP contribution in [-0.4, -0.2) is 62.0 Å². The number of rotatable bonds is 4. The normalized spacial score (nSPS) is 20.2. The van der Waals surface area contributed by atoms with Crippen LogP contribution in [0.25, 0.3) is 0 Å². The maximum Gasteiger partial charge on any atom is 0.261 e. The van der Waals surface area contributed by atoms with Crippen molar-refractivity contribution in [1.82, 2.24) is 9.80 Å². The van der Waals surface area contributed by atoms with Gasteiger partial charge in [-0.15, -0.1) is 0 Å². The summed E-state index contributed by atoms with van der Waals surface area (Å²) in [6, 6.07) is 7.00. The first-order chi connectivity index (χ1) is 9.52. The molecule has 0 aliphatic carbocycles. The lowest BCUT2D eigenvalue weighted by Gasteiger charge is -2.44. The Bertz CT molecular complexity index is 529. The third kappa shape index (κ3) is 2.03. The molecule has 1 aromatic rings. The average molecular weight is 274 g/mol. The smallest absolute Gasteiger partial charge is 0.261 e. The minimum Gasteiger partial charge on any atom is -0.380 e. The molecule has 1 aromatic carbocycles. The molecule has 0 radical (unpaired) electrons. The van der Waals surface area contributed by atoms with E-state index in [1.807, 2.05) is 14.1 Å². The summed E-state index contributed by atoms with van der Waals surface area (Å²) in [6.07, 6.45) is 0. The van der Waals surface area contributed by atoms with Gasteiger partial charge in [0.1, 0.15) is 0 Å². The largest absolute Gasteiger partial charge is 0.380 e. The van der Waals surface area contributed by atoms with Crippen molar-refractivity contribution in [3.63, 3.8) is 0 Å². The topological polar surface area (TPSA) is 49.9 Å². The fourth-order valence-corrected chi connectivity index (χ4v) is 3.01.